The summed E-state index contributed by atoms with van der Waals surface area (Å²) in [5.74, 6) is -0.291. The molecule has 2 heterocycles. The molecule has 0 spiro atoms. The summed E-state index contributed by atoms with van der Waals surface area (Å²) >= 11 is 1.34. The third-order valence-electron chi connectivity index (χ3n) is 6.38. The fraction of sp³-hybridized carbons (Fsp3) is 0.696. The van der Waals surface area contributed by atoms with Gasteiger partial charge in [-0.25, -0.2) is 4.63 Å². The molecule has 0 aliphatic carbocycles. The van der Waals surface area contributed by atoms with Crippen molar-refractivity contribution >= 4 is 40.1 Å². The standard InChI is InChI=1S/C23H34N4O9S/c28-13-17-22(31)23(32)21(30)16(37-17)7-5-3-1-2-4-6-8-18(29)35-12-11-24-14-9-10-15(27(33)34)20-19(14)25-36-26-20/h9-10,16-17,21-24,28,30-32H,1-8,11-13H2/t16-,17+,21-,22+,23+/m0/s1. The number of hydrogen-bond donors (Lipinski definition) is 5. The van der Waals surface area contributed by atoms with Gasteiger partial charge in [0.2, 0.25) is 5.52 Å². The Labute approximate surface area is 217 Å². The van der Waals surface area contributed by atoms with Crippen LogP contribution in [0.5, 0.6) is 0 Å². The summed E-state index contributed by atoms with van der Waals surface area (Å²) in [6.07, 6.45) is 3.07. The van der Waals surface area contributed by atoms with Gasteiger partial charge in [0.25, 0.3) is 0 Å². The zero-order chi connectivity index (χ0) is 26.8. The summed E-state index contributed by atoms with van der Waals surface area (Å²) in [6, 6.07) is 2.81. The van der Waals surface area contributed by atoms with Gasteiger partial charge in [0.1, 0.15) is 12.7 Å². The number of aromatic nitrogens is 2. The molecule has 13 nitrogen and oxygen atoms in total. The Bertz CT molecular complexity index is 1020. The van der Waals surface area contributed by atoms with Crippen molar-refractivity contribution in [3.05, 3.63) is 22.2 Å². The SMILES string of the molecule is O=C(CCCCCCCC[C@@H]1S[C@H](CO)[C@@H](O)[C@H](O)[C@H]1O)OCCNc1ccc([N+](=O)[O-])c2nonc12. The monoisotopic (exact) mass is 542 g/mol. The number of anilines is 1. The number of thioether (sulfide) groups is 1. The van der Waals surface area contributed by atoms with Crippen molar-refractivity contribution in [1.29, 1.82) is 0 Å². The first-order chi connectivity index (χ1) is 17.8. The van der Waals surface area contributed by atoms with Gasteiger partial charge in [-0.2, -0.15) is 0 Å². The Morgan fingerprint density at radius 2 is 1.70 bits per heavy atom. The minimum absolute atomic E-state index is 0.0476. The van der Waals surface area contributed by atoms with Crippen molar-refractivity contribution in [2.24, 2.45) is 0 Å². The number of non-ortho nitro benzene ring substituents is 1. The van der Waals surface area contributed by atoms with E-state index in [0.29, 0.717) is 25.1 Å². The smallest absolute Gasteiger partial charge is 0.305 e. The maximum absolute atomic E-state index is 11.9. The van der Waals surface area contributed by atoms with Gasteiger partial charge in [-0.1, -0.05) is 32.1 Å². The van der Waals surface area contributed by atoms with E-state index in [1.807, 2.05) is 0 Å². The van der Waals surface area contributed by atoms with E-state index in [9.17, 15) is 35.3 Å². The van der Waals surface area contributed by atoms with Crippen molar-refractivity contribution in [3.63, 3.8) is 0 Å². The van der Waals surface area contributed by atoms with Crippen LogP contribution in [0.25, 0.3) is 11.0 Å². The van der Waals surface area contributed by atoms with Crippen LogP contribution in [-0.2, 0) is 9.53 Å². The fourth-order valence-corrected chi connectivity index (χ4v) is 5.79. The zero-order valence-corrected chi connectivity index (χ0v) is 21.2. The summed E-state index contributed by atoms with van der Waals surface area (Å²) in [4.78, 5) is 22.4. The number of hydrogen-bond acceptors (Lipinski definition) is 13. The van der Waals surface area contributed by atoms with E-state index in [-0.39, 0.29) is 41.2 Å². The number of esters is 1. The van der Waals surface area contributed by atoms with E-state index in [2.05, 4.69) is 20.3 Å². The first-order valence-electron chi connectivity index (χ1n) is 12.4. The molecule has 14 heteroatoms. The number of benzene rings is 1. The second kappa shape index (κ2) is 14.4. The summed E-state index contributed by atoms with van der Waals surface area (Å²) in [7, 11) is 0. The van der Waals surface area contributed by atoms with Crippen molar-refractivity contribution < 1.29 is 39.5 Å². The first kappa shape index (κ1) is 29.0. The number of nitrogens with one attached hydrogen (secondary N) is 1. The lowest BCUT2D eigenvalue weighted by molar-refractivity contribution is -0.383. The number of nitro groups is 1. The van der Waals surface area contributed by atoms with Gasteiger partial charge in [0.05, 0.1) is 34.7 Å². The maximum Gasteiger partial charge on any atom is 0.305 e. The molecule has 0 amide bonds. The number of nitro benzene ring substituents is 1. The second-order valence-electron chi connectivity index (χ2n) is 9.03. The molecule has 0 saturated carbocycles. The topological polar surface area (TPSA) is 201 Å². The molecule has 1 aromatic heterocycles. The Balaban J connectivity index is 1.21. The van der Waals surface area contributed by atoms with Crippen LogP contribution in [0.2, 0.25) is 0 Å². The molecule has 1 aromatic carbocycles. The van der Waals surface area contributed by atoms with E-state index in [4.69, 9.17) is 4.74 Å². The maximum atomic E-state index is 11.9. The van der Waals surface area contributed by atoms with E-state index in [1.165, 1.54) is 23.9 Å². The van der Waals surface area contributed by atoms with Crippen LogP contribution in [0.4, 0.5) is 11.4 Å². The van der Waals surface area contributed by atoms with Crippen molar-refractivity contribution in [2.45, 2.75) is 80.2 Å². The highest BCUT2D eigenvalue weighted by Gasteiger charge is 2.42. The highest BCUT2D eigenvalue weighted by atomic mass is 32.2. The van der Waals surface area contributed by atoms with Crippen molar-refractivity contribution in [2.75, 3.05) is 25.1 Å². The molecular weight excluding hydrogens is 508 g/mol. The number of carbonyl (C=O) groups is 1. The molecule has 0 radical (unpaired) electrons. The van der Waals surface area contributed by atoms with Gasteiger partial charge < -0.3 is 30.5 Å². The average molecular weight is 543 g/mol. The van der Waals surface area contributed by atoms with Gasteiger partial charge in [-0.3, -0.25) is 14.9 Å². The second-order valence-corrected chi connectivity index (χ2v) is 10.5. The molecule has 2 aromatic rings. The van der Waals surface area contributed by atoms with E-state index in [0.717, 1.165) is 38.5 Å². The molecule has 206 valence electrons. The number of aliphatic hydroxyl groups is 4. The highest BCUT2D eigenvalue weighted by molar-refractivity contribution is 8.00. The van der Waals surface area contributed by atoms with E-state index >= 15 is 0 Å². The summed E-state index contributed by atoms with van der Waals surface area (Å²) in [6.45, 7) is 0.194. The normalized spacial score (nSPS) is 23.7. The molecule has 1 aliphatic heterocycles. The third-order valence-corrected chi connectivity index (χ3v) is 8.02. The molecule has 5 atom stereocenters. The highest BCUT2D eigenvalue weighted by Crippen LogP contribution is 2.35. The predicted molar refractivity (Wildman–Crippen MR) is 135 cm³/mol. The number of fused-ring (bicyclic) bond motifs is 1. The van der Waals surface area contributed by atoms with Crippen LogP contribution in [0.1, 0.15) is 51.4 Å². The van der Waals surface area contributed by atoms with Crippen molar-refractivity contribution in [1.82, 2.24) is 10.3 Å². The van der Waals surface area contributed by atoms with Crippen LogP contribution < -0.4 is 5.32 Å². The average Bonchev–Trinajstić information content (AvgIpc) is 3.38. The number of rotatable bonds is 15. The van der Waals surface area contributed by atoms with E-state index in [1.54, 1.807) is 0 Å². The summed E-state index contributed by atoms with van der Waals surface area (Å²) < 4.78 is 9.83. The largest absolute Gasteiger partial charge is 0.464 e. The lowest BCUT2D eigenvalue weighted by atomic mass is 9.97. The van der Waals surface area contributed by atoms with Crippen molar-refractivity contribution in [3.8, 4) is 0 Å². The molecule has 1 fully saturated rings. The minimum Gasteiger partial charge on any atom is -0.464 e. The molecule has 3 rings (SSSR count). The summed E-state index contributed by atoms with van der Waals surface area (Å²) in [5.41, 5.74) is 0.579. The number of ether oxygens (including phenoxy) is 1. The number of aliphatic hydroxyl groups excluding tert-OH is 4. The Kier molecular flexibility index (Phi) is 11.3. The van der Waals surface area contributed by atoms with Gasteiger partial charge in [0, 0.05) is 24.3 Å². The minimum atomic E-state index is -1.23. The molecule has 5 N–H and O–H groups in total. The fourth-order valence-electron chi connectivity index (χ4n) is 4.31. The van der Waals surface area contributed by atoms with Crippen LogP contribution >= 0.6 is 11.8 Å². The van der Waals surface area contributed by atoms with Crippen LogP contribution in [0.3, 0.4) is 0 Å². The Morgan fingerprint density at radius 1 is 1.03 bits per heavy atom. The van der Waals surface area contributed by atoms with Crippen LogP contribution in [-0.4, -0.2) is 90.2 Å². The lowest BCUT2D eigenvalue weighted by Crippen LogP contribution is -2.53. The quantitative estimate of drug-likeness (QED) is 0.0944. The molecule has 0 unspecified atom stereocenters. The third kappa shape index (κ3) is 7.98. The Morgan fingerprint density at radius 3 is 2.43 bits per heavy atom. The number of carbonyl (C=O) groups excluding carboxylic acids is 1. The molecule has 1 aliphatic rings. The molecule has 1 saturated heterocycles. The number of nitrogens with zero attached hydrogens (tertiary/aromatic N) is 3. The summed E-state index contributed by atoms with van der Waals surface area (Å²) in [5, 5.41) is 59.9. The van der Waals surface area contributed by atoms with Crippen LogP contribution in [0, 0.1) is 10.1 Å². The van der Waals surface area contributed by atoms with Gasteiger partial charge in [-0.15, -0.1) is 11.8 Å². The first-order valence-corrected chi connectivity index (χ1v) is 13.4. The predicted octanol–water partition coefficient (Wildman–Crippen LogP) is 1.77. The lowest BCUT2D eigenvalue weighted by Gasteiger charge is -2.39. The Hall–Kier alpha value is -2.52. The van der Waals surface area contributed by atoms with Gasteiger partial charge >= 0.3 is 11.7 Å². The zero-order valence-electron chi connectivity index (χ0n) is 20.4. The molecule has 37 heavy (non-hydrogen) atoms. The molecular formula is C23H34N4O9S. The molecule has 0 bridgehead atoms. The van der Waals surface area contributed by atoms with Crippen LogP contribution in [0.15, 0.2) is 16.8 Å². The van der Waals surface area contributed by atoms with Gasteiger partial charge in [0.15, 0.2) is 5.52 Å². The van der Waals surface area contributed by atoms with E-state index < -0.39 is 28.5 Å². The van der Waals surface area contributed by atoms with Gasteiger partial charge in [-0.05, 0) is 29.2 Å². The number of unbranched alkanes of at least 4 members (excludes halogenated alkanes) is 5.